The molecule has 110 valence electrons. The minimum Gasteiger partial charge on any atom is -0.317 e. The van der Waals surface area contributed by atoms with Crippen LogP contribution in [-0.4, -0.2) is 41.9 Å². The van der Waals surface area contributed by atoms with E-state index in [1.54, 1.807) is 6.20 Å². The summed E-state index contributed by atoms with van der Waals surface area (Å²) in [5, 5.41) is 14.6. The molecule has 1 aromatic heterocycles. The molecule has 0 radical (unpaired) electrons. The number of hydrogen-bond acceptors (Lipinski definition) is 5. The molecule has 5 heteroatoms. The highest BCUT2D eigenvalue weighted by Crippen LogP contribution is 2.15. The third kappa shape index (κ3) is 3.43. The molecule has 3 N–H and O–H groups in total. The highest BCUT2D eigenvalue weighted by molar-refractivity contribution is 5.74. The lowest BCUT2D eigenvalue weighted by Gasteiger charge is -2.25. The Kier molecular flexibility index (Phi) is 4.52. The molecule has 1 fully saturated rings. The second kappa shape index (κ2) is 6.74. The van der Waals surface area contributed by atoms with E-state index in [9.17, 15) is 0 Å². The zero-order valence-electron chi connectivity index (χ0n) is 12.0. The van der Waals surface area contributed by atoms with Gasteiger partial charge in [-0.3, -0.25) is 4.98 Å². The molecule has 1 saturated heterocycles. The minimum absolute atomic E-state index is 0.0167. The second-order valence-corrected chi connectivity index (χ2v) is 5.49. The number of nitrogens with one attached hydrogen (secondary N) is 3. The topological polar surface area (TPSA) is 73.7 Å². The van der Waals surface area contributed by atoms with Crippen LogP contribution in [0.4, 0.5) is 0 Å². The van der Waals surface area contributed by atoms with Crippen LogP contribution in [-0.2, 0) is 0 Å². The SMILES string of the molecule is N=CC(CNC1CCNCC1)c1cnc2ccccc2n1. The quantitative estimate of drug-likeness (QED) is 0.730. The lowest BCUT2D eigenvalue weighted by Crippen LogP contribution is -2.41. The zero-order chi connectivity index (χ0) is 14.5. The lowest BCUT2D eigenvalue weighted by atomic mass is 10.0. The molecule has 0 amide bonds. The summed E-state index contributed by atoms with van der Waals surface area (Å²) in [6.07, 6.45) is 5.55. The van der Waals surface area contributed by atoms with E-state index in [2.05, 4.69) is 20.6 Å². The fraction of sp³-hybridized carbons (Fsp3) is 0.438. The van der Waals surface area contributed by atoms with E-state index in [0.29, 0.717) is 6.04 Å². The number of piperidine rings is 1. The van der Waals surface area contributed by atoms with Crippen molar-refractivity contribution in [1.29, 1.82) is 5.41 Å². The maximum absolute atomic E-state index is 7.68. The van der Waals surface area contributed by atoms with Gasteiger partial charge in [0.2, 0.25) is 0 Å². The number of benzene rings is 1. The summed E-state index contributed by atoms with van der Waals surface area (Å²) < 4.78 is 0. The molecule has 0 spiro atoms. The van der Waals surface area contributed by atoms with E-state index < -0.39 is 0 Å². The molecule has 1 aliphatic heterocycles. The number of para-hydroxylation sites is 2. The zero-order valence-corrected chi connectivity index (χ0v) is 12.0. The largest absolute Gasteiger partial charge is 0.317 e. The number of rotatable bonds is 5. The molecular formula is C16H21N5. The van der Waals surface area contributed by atoms with Crippen molar-refractivity contribution in [2.75, 3.05) is 19.6 Å². The van der Waals surface area contributed by atoms with Crippen LogP contribution in [0.3, 0.4) is 0 Å². The smallest absolute Gasteiger partial charge is 0.0890 e. The third-order valence-electron chi connectivity index (χ3n) is 4.01. The normalized spacial score (nSPS) is 17.7. The van der Waals surface area contributed by atoms with Crippen molar-refractivity contribution in [2.24, 2.45) is 0 Å². The molecule has 3 rings (SSSR count). The van der Waals surface area contributed by atoms with Gasteiger partial charge in [0, 0.05) is 30.9 Å². The molecule has 1 unspecified atom stereocenters. The molecule has 1 aromatic carbocycles. The van der Waals surface area contributed by atoms with Gasteiger partial charge in [-0.05, 0) is 38.1 Å². The van der Waals surface area contributed by atoms with Crippen molar-refractivity contribution in [3.63, 3.8) is 0 Å². The average Bonchev–Trinajstić information content (AvgIpc) is 2.56. The van der Waals surface area contributed by atoms with Crippen LogP contribution in [0.2, 0.25) is 0 Å². The van der Waals surface area contributed by atoms with Crippen LogP contribution < -0.4 is 10.6 Å². The minimum atomic E-state index is -0.0167. The molecule has 0 saturated carbocycles. The predicted molar refractivity (Wildman–Crippen MR) is 85.0 cm³/mol. The van der Waals surface area contributed by atoms with Crippen molar-refractivity contribution < 1.29 is 0 Å². The monoisotopic (exact) mass is 283 g/mol. The van der Waals surface area contributed by atoms with Crippen molar-refractivity contribution in [2.45, 2.75) is 24.8 Å². The van der Waals surface area contributed by atoms with Gasteiger partial charge in [-0.1, -0.05) is 12.1 Å². The summed E-state index contributed by atoms with van der Waals surface area (Å²) in [6.45, 7) is 2.90. The van der Waals surface area contributed by atoms with Crippen LogP contribution in [0, 0.1) is 5.41 Å². The number of nitrogens with zero attached hydrogens (tertiary/aromatic N) is 2. The fourth-order valence-corrected chi connectivity index (χ4v) is 2.72. The van der Waals surface area contributed by atoms with Crippen LogP contribution >= 0.6 is 0 Å². The van der Waals surface area contributed by atoms with Gasteiger partial charge in [0.25, 0.3) is 0 Å². The van der Waals surface area contributed by atoms with Crippen molar-refractivity contribution in [3.8, 4) is 0 Å². The first-order valence-electron chi connectivity index (χ1n) is 7.53. The van der Waals surface area contributed by atoms with E-state index in [0.717, 1.165) is 49.2 Å². The van der Waals surface area contributed by atoms with Gasteiger partial charge in [0.15, 0.2) is 0 Å². The Morgan fingerprint density at radius 3 is 2.81 bits per heavy atom. The molecule has 0 aliphatic carbocycles. The molecule has 2 aromatic rings. The Balaban J connectivity index is 1.70. The van der Waals surface area contributed by atoms with Crippen LogP contribution in [0.15, 0.2) is 30.5 Å². The lowest BCUT2D eigenvalue weighted by molar-refractivity contribution is 0.386. The Morgan fingerprint density at radius 2 is 2.05 bits per heavy atom. The number of fused-ring (bicyclic) bond motifs is 1. The second-order valence-electron chi connectivity index (χ2n) is 5.49. The summed E-state index contributed by atoms with van der Waals surface area (Å²) in [5.74, 6) is -0.0167. The van der Waals surface area contributed by atoms with Crippen LogP contribution in [0.1, 0.15) is 24.5 Å². The van der Waals surface area contributed by atoms with E-state index in [1.165, 1.54) is 6.21 Å². The van der Waals surface area contributed by atoms with E-state index in [4.69, 9.17) is 5.41 Å². The highest BCUT2D eigenvalue weighted by Gasteiger charge is 2.16. The molecule has 2 heterocycles. The molecule has 1 atom stereocenters. The standard InChI is InChI=1S/C16H21N5/c17-9-12(10-19-13-5-7-18-8-6-13)16-11-20-14-3-1-2-4-15(14)21-16/h1-4,9,11-13,17-19H,5-8,10H2. The third-order valence-corrected chi connectivity index (χ3v) is 4.01. The summed E-state index contributed by atoms with van der Waals surface area (Å²) in [4.78, 5) is 9.09. The molecule has 5 nitrogen and oxygen atoms in total. The predicted octanol–water partition coefficient (Wildman–Crippen LogP) is 1.70. The van der Waals surface area contributed by atoms with Gasteiger partial charge in [0.1, 0.15) is 0 Å². The van der Waals surface area contributed by atoms with Crippen molar-refractivity contribution >= 4 is 17.2 Å². The van der Waals surface area contributed by atoms with Crippen LogP contribution in [0.5, 0.6) is 0 Å². The Labute approximate surface area is 124 Å². The van der Waals surface area contributed by atoms with Crippen molar-refractivity contribution in [1.82, 2.24) is 20.6 Å². The Morgan fingerprint density at radius 1 is 1.29 bits per heavy atom. The first-order chi connectivity index (χ1) is 10.4. The summed E-state index contributed by atoms with van der Waals surface area (Å²) in [7, 11) is 0. The number of hydrogen-bond donors (Lipinski definition) is 3. The van der Waals surface area contributed by atoms with Gasteiger partial charge in [-0.25, -0.2) is 4.98 Å². The average molecular weight is 283 g/mol. The summed E-state index contributed by atoms with van der Waals surface area (Å²) in [5.41, 5.74) is 2.66. The summed E-state index contributed by atoms with van der Waals surface area (Å²) >= 11 is 0. The van der Waals surface area contributed by atoms with Gasteiger partial charge in [-0.15, -0.1) is 0 Å². The van der Waals surface area contributed by atoms with Gasteiger partial charge < -0.3 is 16.0 Å². The first-order valence-corrected chi connectivity index (χ1v) is 7.53. The highest BCUT2D eigenvalue weighted by atomic mass is 15.0. The van der Waals surface area contributed by atoms with Gasteiger partial charge >= 0.3 is 0 Å². The molecular weight excluding hydrogens is 262 g/mol. The van der Waals surface area contributed by atoms with Crippen molar-refractivity contribution in [3.05, 3.63) is 36.2 Å². The number of aromatic nitrogens is 2. The van der Waals surface area contributed by atoms with Gasteiger partial charge in [-0.2, -0.15) is 0 Å². The van der Waals surface area contributed by atoms with E-state index in [-0.39, 0.29) is 5.92 Å². The molecule has 21 heavy (non-hydrogen) atoms. The Bertz CT molecular complexity index is 606. The fourth-order valence-electron chi connectivity index (χ4n) is 2.72. The molecule has 0 bridgehead atoms. The molecule has 1 aliphatic rings. The maximum atomic E-state index is 7.68. The Hall–Kier alpha value is -1.85. The van der Waals surface area contributed by atoms with Crippen LogP contribution in [0.25, 0.3) is 11.0 Å². The first kappa shape index (κ1) is 14.1. The van der Waals surface area contributed by atoms with Gasteiger partial charge in [0.05, 0.1) is 16.7 Å². The summed E-state index contributed by atoms with van der Waals surface area (Å²) in [6, 6.07) is 8.39. The van der Waals surface area contributed by atoms with E-state index >= 15 is 0 Å². The maximum Gasteiger partial charge on any atom is 0.0890 e. The van der Waals surface area contributed by atoms with E-state index in [1.807, 2.05) is 24.3 Å².